The zero-order valence-corrected chi connectivity index (χ0v) is 20.9. The maximum atomic E-state index is 10.9. The number of imidazole rings is 1. The summed E-state index contributed by atoms with van der Waals surface area (Å²) < 4.78 is 1.95. The monoisotopic (exact) mass is 477 g/mol. The van der Waals surface area contributed by atoms with E-state index in [2.05, 4.69) is 39.4 Å². The van der Waals surface area contributed by atoms with Gasteiger partial charge >= 0.3 is 0 Å². The molecule has 0 bridgehead atoms. The molecule has 2 heterocycles. The SMILES string of the molecule is CC(C)n1cnc2c(Nc3ccc(C=O)c(Cl)c3)nc(CCO)nc21.CCC.CNCCN. The molecule has 0 radical (unpaired) electrons. The lowest BCUT2D eigenvalue weighted by molar-refractivity contribution is 0.112. The van der Waals surface area contributed by atoms with Gasteiger partial charge in [0.1, 0.15) is 5.82 Å². The maximum Gasteiger partial charge on any atom is 0.166 e. The number of aromatic nitrogens is 4. The molecule has 0 aliphatic rings. The van der Waals surface area contributed by atoms with Crippen molar-refractivity contribution in [1.29, 1.82) is 0 Å². The Labute approximate surface area is 200 Å². The van der Waals surface area contributed by atoms with E-state index in [0.717, 1.165) is 13.1 Å². The first-order chi connectivity index (χ1) is 15.9. The molecule has 10 heteroatoms. The van der Waals surface area contributed by atoms with Crippen molar-refractivity contribution in [2.75, 3.05) is 32.1 Å². The fourth-order valence-corrected chi connectivity index (χ4v) is 2.85. The summed E-state index contributed by atoms with van der Waals surface area (Å²) in [5, 5.41) is 15.7. The van der Waals surface area contributed by atoms with Crippen LogP contribution in [0.5, 0.6) is 0 Å². The van der Waals surface area contributed by atoms with Crippen LogP contribution in [0, 0.1) is 0 Å². The molecule has 0 fully saturated rings. The number of carbonyl (C=O) groups excluding carboxylic acids is 1. The van der Waals surface area contributed by atoms with Crippen LogP contribution in [0.3, 0.4) is 0 Å². The number of benzene rings is 1. The number of hydrogen-bond donors (Lipinski definition) is 4. The van der Waals surface area contributed by atoms with E-state index in [4.69, 9.17) is 17.3 Å². The Kier molecular flexibility index (Phi) is 13.2. The number of fused-ring (bicyclic) bond motifs is 1. The van der Waals surface area contributed by atoms with Crippen LogP contribution in [-0.2, 0) is 6.42 Å². The zero-order valence-electron chi connectivity index (χ0n) is 20.1. The highest BCUT2D eigenvalue weighted by atomic mass is 35.5. The van der Waals surface area contributed by atoms with Crippen LogP contribution < -0.4 is 16.4 Å². The lowest BCUT2D eigenvalue weighted by Gasteiger charge is -2.11. The Balaban J connectivity index is 0.000000591. The zero-order chi connectivity index (χ0) is 24.8. The van der Waals surface area contributed by atoms with Gasteiger partial charge < -0.3 is 26.0 Å². The van der Waals surface area contributed by atoms with Gasteiger partial charge in [0.25, 0.3) is 0 Å². The molecule has 0 saturated heterocycles. The van der Waals surface area contributed by atoms with E-state index >= 15 is 0 Å². The standard InChI is InChI=1S/C17H18ClN5O2.C3H10N2.C3H8/c1-10(2)23-9-19-15-16(21-14(5-6-24)22-17(15)23)20-12-4-3-11(8-25)13(18)7-12;1-5-3-2-4;1-3-2/h3-4,7-10,24H,5-6H2,1-2H3,(H,20,21,22);5H,2-4H2,1H3;3H2,1-2H3. The molecule has 0 aliphatic heterocycles. The summed E-state index contributed by atoms with van der Waals surface area (Å²) in [7, 11) is 1.88. The number of nitrogens with one attached hydrogen (secondary N) is 2. The molecule has 9 nitrogen and oxygen atoms in total. The second kappa shape index (κ2) is 15.3. The summed E-state index contributed by atoms with van der Waals surface area (Å²) >= 11 is 6.08. The third kappa shape index (κ3) is 8.70. The number of rotatable bonds is 8. The maximum absolute atomic E-state index is 10.9. The number of aliphatic hydroxyl groups excluding tert-OH is 1. The van der Waals surface area contributed by atoms with E-state index in [-0.39, 0.29) is 12.6 Å². The van der Waals surface area contributed by atoms with Gasteiger partial charge in [0.05, 0.1) is 18.0 Å². The van der Waals surface area contributed by atoms with Crippen molar-refractivity contribution in [2.45, 2.75) is 46.6 Å². The van der Waals surface area contributed by atoms with Gasteiger partial charge in [0.15, 0.2) is 23.3 Å². The summed E-state index contributed by atoms with van der Waals surface area (Å²) in [5.41, 5.74) is 7.51. The van der Waals surface area contributed by atoms with E-state index < -0.39 is 0 Å². The largest absolute Gasteiger partial charge is 0.396 e. The molecule has 0 aliphatic carbocycles. The van der Waals surface area contributed by atoms with Crippen LogP contribution in [0.4, 0.5) is 11.5 Å². The van der Waals surface area contributed by atoms with Gasteiger partial charge in [-0.3, -0.25) is 4.79 Å². The lowest BCUT2D eigenvalue weighted by Crippen LogP contribution is -2.17. The molecule has 182 valence electrons. The molecular weight excluding hydrogens is 442 g/mol. The van der Waals surface area contributed by atoms with Crippen LogP contribution in [-0.4, -0.2) is 57.7 Å². The second-order valence-corrected chi connectivity index (χ2v) is 7.87. The number of halogens is 1. The van der Waals surface area contributed by atoms with Gasteiger partial charge in [-0.15, -0.1) is 0 Å². The molecule has 0 saturated carbocycles. The summed E-state index contributed by atoms with van der Waals surface area (Å²) in [6, 6.07) is 5.23. The van der Waals surface area contributed by atoms with Gasteiger partial charge in [-0.25, -0.2) is 15.0 Å². The molecule has 0 unspecified atom stereocenters. The normalized spacial score (nSPS) is 10.3. The third-order valence-corrected chi connectivity index (χ3v) is 4.47. The molecule has 2 aromatic heterocycles. The van der Waals surface area contributed by atoms with Crippen molar-refractivity contribution in [3.05, 3.63) is 40.9 Å². The highest BCUT2D eigenvalue weighted by molar-refractivity contribution is 6.33. The van der Waals surface area contributed by atoms with Gasteiger partial charge in [-0.2, -0.15) is 0 Å². The van der Waals surface area contributed by atoms with Crippen LogP contribution in [0.25, 0.3) is 11.2 Å². The first kappa shape index (κ1) is 28.4. The molecule has 33 heavy (non-hydrogen) atoms. The van der Waals surface area contributed by atoms with Crippen molar-refractivity contribution in [1.82, 2.24) is 24.8 Å². The predicted molar refractivity (Wildman–Crippen MR) is 136 cm³/mol. The number of carbonyl (C=O) groups is 1. The van der Waals surface area contributed by atoms with E-state index in [1.165, 1.54) is 6.42 Å². The number of hydrogen-bond acceptors (Lipinski definition) is 8. The summed E-state index contributed by atoms with van der Waals surface area (Å²) in [4.78, 5) is 24.3. The number of aliphatic hydroxyl groups is 1. The Morgan fingerprint density at radius 3 is 2.45 bits per heavy atom. The molecule has 3 rings (SSSR count). The van der Waals surface area contributed by atoms with Gasteiger partial charge in [-0.1, -0.05) is 31.9 Å². The summed E-state index contributed by atoms with van der Waals surface area (Å²) in [5.74, 6) is 1.05. The van der Waals surface area contributed by atoms with Crippen molar-refractivity contribution in [3.63, 3.8) is 0 Å². The Hall–Kier alpha value is -2.59. The van der Waals surface area contributed by atoms with Crippen molar-refractivity contribution >= 4 is 40.6 Å². The number of aldehydes is 1. The molecular formula is C23H36ClN7O2. The minimum absolute atomic E-state index is 0.0410. The van der Waals surface area contributed by atoms with E-state index in [1.807, 2.05) is 25.5 Å². The second-order valence-electron chi connectivity index (χ2n) is 7.46. The third-order valence-electron chi connectivity index (χ3n) is 4.14. The van der Waals surface area contributed by atoms with E-state index in [1.54, 1.807) is 24.5 Å². The lowest BCUT2D eigenvalue weighted by atomic mass is 10.2. The summed E-state index contributed by atoms with van der Waals surface area (Å²) in [6.07, 6.45) is 4.03. The highest BCUT2D eigenvalue weighted by Gasteiger charge is 2.15. The minimum Gasteiger partial charge on any atom is -0.396 e. The van der Waals surface area contributed by atoms with Crippen LogP contribution in [0.15, 0.2) is 24.5 Å². The molecule has 3 aromatic rings. The van der Waals surface area contributed by atoms with Gasteiger partial charge in [0, 0.05) is 36.8 Å². The number of anilines is 2. The molecule has 0 atom stereocenters. The molecule has 1 aromatic carbocycles. The van der Waals surface area contributed by atoms with Crippen LogP contribution in [0.1, 0.15) is 56.3 Å². The topological polar surface area (TPSA) is 131 Å². The highest BCUT2D eigenvalue weighted by Crippen LogP contribution is 2.27. The number of nitrogens with zero attached hydrogens (tertiary/aromatic N) is 4. The number of likely N-dealkylation sites (N-methyl/N-ethyl adjacent to an activating group) is 1. The quantitative estimate of drug-likeness (QED) is 0.361. The Morgan fingerprint density at radius 1 is 1.27 bits per heavy atom. The first-order valence-electron chi connectivity index (χ1n) is 11.1. The van der Waals surface area contributed by atoms with Gasteiger partial charge in [0.2, 0.25) is 0 Å². The average Bonchev–Trinajstić information content (AvgIpc) is 3.20. The van der Waals surface area contributed by atoms with Crippen molar-refractivity contribution in [3.8, 4) is 0 Å². The predicted octanol–water partition coefficient (Wildman–Crippen LogP) is 3.73. The Bertz CT molecular complexity index is 990. The van der Waals surface area contributed by atoms with Crippen LogP contribution in [0.2, 0.25) is 5.02 Å². The van der Waals surface area contributed by atoms with Crippen LogP contribution >= 0.6 is 11.6 Å². The Morgan fingerprint density at radius 2 is 1.97 bits per heavy atom. The fourth-order valence-electron chi connectivity index (χ4n) is 2.62. The fraction of sp³-hybridized carbons (Fsp3) is 0.478. The first-order valence-corrected chi connectivity index (χ1v) is 11.4. The molecule has 5 N–H and O–H groups in total. The minimum atomic E-state index is -0.0410. The van der Waals surface area contributed by atoms with Crippen molar-refractivity contribution in [2.24, 2.45) is 5.73 Å². The molecule has 0 amide bonds. The molecule has 0 spiro atoms. The van der Waals surface area contributed by atoms with Gasteiger partial charge in [-0.05, 0) is 39.1 Å². The number of nitrogens with two attached hydrogens (primary N) is 1. The smallest absolute Gasteiger partial charge is 0.166 e. The van der Waals surface area contributed by atoms with Crippen molar-refractivity contribution < 1.29 is 9.90 Å². The van der Waals surface area contributed by atoms with E-state index in [9.17, 15) is 9.90 Å². The average molecular weight is 478 g/mol. The summed E-state index contributed by atoms with van der Waals surface area (Å²) in [6.45, 7) is 9.94. The van der Waals surface area contributed by atoms with E-state index in [0.29, 0.717) is 51.8 Å².